The zero-order valence-corrected chi connectivity index (χ0v) is 28.1. The second kappa shape index (κ2) is 21.9. The van der Waals surface area contributed by atoms with Gasteiger partial charge in [-0.25, -0.2) is 0 Å². The third-order valence-electron chi connectivity index (χ3n) is 8.74. The van der Waals surface area contributed by atoms with Gasteiger partial charge in [-0.3, -0.25) is 0 Å². The molecule has 0 aromatic heterocycles. The molecule has 0 radical (unpaired) electrons. The molecular formula is C38H60O7. The molecule has 45 heavy (non-hydrogen) atoms. The molecular weight excluding hydrogens is 568 g/mol. The fourth-order valence-corrected chi connectivity index (χ4v) is 5.86. The lowest BCUT2D eigenvalue weighted by molar-refractivity contribution is -0.373. The molecule has 2 fully saturated rings. The number of aliphatic hydroxyl groups excluding tert-OH is 3. The summed E-state index contributed by atoms with van der Waals surface area (Å²) in [5.41, 5.74) is 4.02. The maximum absolute atomic E-state index is 10.4. The molecule has 2 saturated heterocycles. The molecule has 0 spiro atoms. The standard InChI is InChI=1S/C22H26O6.C16H34O/c1-13-3-7-15(8-4-13)21-25-12-18-20(28-21)19(17(24)11-23)27-22(26-18)16-9-5-14(2)6-10-16;1-2-3-4-5-6-7-8-9-10-11-12-13-14-15-16-17/h3-10,17-24H,11-12H2,1-2H3;17H,2-16H2,1H3/t17-,18+,19-,20-,21?,22?;/m1./s1. The van der Waals surface area contributed by atoms with Crippen LogP contribution in [0.3, 0.4) is 0 Å². The number of unbranched alkanes of at least 4 members (excludes halogenated alkanes) is 13. The fraction of sp³-hybridized carbons (Fsp3) is 0.684. The normalized spacial score (nSPS) is 23.6. The minimum Gasteiger partial charge on any atom is -0.396 e. The first kappa shape index (κ1) is 37.6. The van der Waals surface area contributed by atoms with Crippen LogP contribution in [0.15, 0.2) is 48.5 Å². The average Bonchev–Trinajstić information content (AvgIpc) is 3.07. The van der Waals surface area contributed by atoms with Crippen LogP contribution in [0.25, 0.3) is 0 Å². The van der Waals surface area contributed by atoms with Gasteiger partial charge in [-0.2, -0.15) is 0 Å². The molecule has 2 aromatic rings. The SMILES string of the molecule is CCCCCCCCCCCCCCCCO.Cc1ccc(C2OC[C@@H]3OC(c4ccc(C)cc4)O[C@H]([C@H](O)CO)[C@@H]3O2)cc1. The summed E-state index contributed by atoms with van der Waals surface area (Å²) in [6, 6.07) is 15.7. The largest absolute Gasteiger partial charge is 0.396 e. The molecule has 6 atom stereocenters. The Morgan fingerprint density at radius 2 is 1.09 bits per heavy atom. The quantitative estimate of drug-likeness (QED) is 0.144. The van der Waals surface area contributed by atoms with Gasteiger partial charge in [0.15, 0.2) is 12.6 Å². The highest BCUT2D eigenvalue weighted by molar-refractivity contribution is 5.24. The van der Waals surface area contributed by atoms with E-state index in [1.165, 1.54) is 83.5 Å². The summed E-state index contributed by atoms with van der Waals surface area (Å²) in [5.74, 6) is 0. The van der Waals surface area contributed by atoms with Gasteiger partial charge < -0.3 is 34.3 Å². The highest BCUT2D eigenvalue weighted by Gasteiger charge is 2.48. The monoisotopic (exact) mass is 628 g/mol. The summed E-state index contributed by atoms with van der Waals surface area (Å²) in [5, 5.41) is 28.5. The van der Waals surface area contributed by atoms with E-state index in [1.807, 2.05) is 62.4 Å². The van der Waals surface area contributed by atoms with Crippen molar-refractivity contribution in [1.82, 2.24) is 0 Å². The molecule has 3 N–H and O–H groups in total. The second-order valence-electron chi connectivity index (χ2n) is 12.8. The van der Waals surface area contributed by atoms with Crippen LogP contribution in [-0.4, -0.2) is 59.6 Å². The average molecular weight is 629 g/mol. The zero-order valence-electron chi connectivity index (χ0n) is 28.1. The van der Waals surface area contributed by atoms with Gasteiger partial charge in [-0.15, -0.1) is 0 Å². The van der Waals surface area contributed by atoms with Crippen LogP contribution < -0.4 is 0 Å². The van der Waals surface area contributed by atoms with Crippen molar-refractivity contribution in [2.75, 3.05) is 19.8 Å². The van der Waals surface area contributed by atoms with E-state index >= 15 is 0 Å². The Morgan fingerprint density at radius 3 is 1.56 bits per heavy atom. The molecule has 0 saturated carbocycles. The van der Waals surface area contributed by atoms with Gasteiger partial charge in [-0.05, 0) is 20.3 Å². The number of aryl methyl sites for hydroxylation is 2. The van der Waals surface area contributed by atoms with E-state index in [0.29, 0.717) is 13.2 Å². The second-order valence-corrected chi connectivity index (χ2v) is 12.8. The van der Waals surface area contributed by atoms with Crippen LogP contribution in [0, 0.1) is 13.8 Å². The van der Waals surface area contributed by atoms with Crippen LogP contribution in [0.5, 0.6) is 0 Å². The number of ether oxygens (including phenoxy) is 4. The van der Waals surface area contributed by atoms with Gasteiger partial charge in [0.2, 0.25) is 0 Å². The van der Waals surface area contributed by atoms with Crippen LogP contribution in [0.4, 0.5) is 0 Å². The highest BCUT2D eigenvalue weighted by atomic mass is 16.8. The summed E-state index contributed by atoms with van der Waals surface area (Å²) in [7, 11) is 0. The van der Waals surface area contributed by atoms with Crippen molar-refractivity contribution >= 4 is 0 Å². The van der Waals surface area contributed by atoms with Crippen molar-refractivity contribution in [3.63, 3.8) is 0 Å². The summed E-state index contributed by atoms with van der Waals surface area (Å²) in [6.07, 6.45) is 15.2. The minimum absolute atomic E-state index is 0.309. The lowest BCUT2D eigenvalue weighted by atomic mass is 9.99. The molecule has 2 heterocycles. The summed E-state index contributed by atoms with van der Waals surface area (Å²) < 4.78 is 24.1. The lowest BCUT2D eigenvalue weighted by Crippen LogP contribution is -2.58. The Balaban J connectivity index is 0.000000281. The number of rotatable bonds is 18. The maximum Gasteiger partial charge on any atom is 0.184 e. The third kappa shape index (κ3) is 13.4. The molecule has 2 aliphatic heterocycles. The molecule has 0 amide bonds. The molecule has 0 aliphatic carbocycles. The van der Waals surface area contributed by atoms with Crippen molar-refractivity contribution in [3.05, 3.63) is 70.8 Å². The molecule has 2 unspecified atom stereocenters. The molecule has 7 nitrogen and oxygen atoms in total. The third-order valence-corrected chi connectivity index (χ3v) is 8.74. The Morgan fingerprint density at radius 1 is 0.622 bits per heavy atom. The van der Waals surface area contributed by atoms with Gasteiger partial charge >= 0.3 is 0 Å². The molecule has 7 heteroatoms. The van der Waals surface area contributed by atoms with Gasteiger partial charge in [0, 0.05) is 17.7 Å². The number of fused-ring (bicyclic) bond motifs is 1. The number of hydrogen-bond donors (Lipinski definition) is 3. The Kier molecular flexibility index (Phi) is 18.3. The van der Waals surface area contributed by atoms with Crippen LogP contribution >= 0.6 is 0 Å². The van der Waals surface area contributed by atoms with E-state index < -0.39 is 43.6 Å². The summed E-state index contributed by atoms with van der Waals surface area (Å²) in [6.45, 7) is 6.56. The zero-order chi connectivity index (χ0) is 32.3. The van der Waals surface area contributed by atoms with Crippen molar-refractivity contribution < 1.29 is 34.3 Å². The van der Waals surface area contributed by atoms with E-state index in [4.69, 9.17) is 24.1 Å². The molecule has 2 aromatic carbocycles. The van der Waals surface area contributed by atoms with E-state index in [1.54, 1.807) is 0 Å². The Bertz CT molecular complexity index is 996. The summed E-state index contributed by atoms with van der Waals surface area (Å²) in [4.78, 5) is 0. The molecule has 4 rings (SSSR count). The smallest absolute Gasteiger partial charge is 0.184 e. The topological polar surface area (TPSA) is 97.6 Å². The minimum atomic E-state index is -1.08. The number of hydrogen-bond acceptors (Lipinski definition) is 7. The lowest BCUT2D eigenvalue weighted by Gasteiger charge is -2.47. The first-order valence-electron chi connectivity index (χ1n) is 17.6. The fourth-order valence-electron chi connectivity index (χ4n) is 5.86. The van der Waals surface area contributed by atoms with Crippen molar-refractivity contribution in [1.29, 1.82) is 0 Å². The van der Waals surface area contributed by atoms with E-state index in [0.717, 1.165) is 28.7 Å². The van der Waals surface area contributed by atoms with Gasteiger partial charge in [-0.1, -0.05) is 150 Å². The van der Waals surface area contributed by atoms with Crippen LogP contribution in [-0.2, 0) is 18.9 Å². The van der Waals surface area contributed by atoms with Gasteiger partial charge in [0.25, 0.3) is 0 Å². The van der Waals surface area contributed by atoms with Crippen molar-refractivity contribution in [2.24, 2.45) is 0 Å². The van der Waals surface area contributed by atoms with Crippen LogP contribution in [0.1, 0.15) is 132 Å². The first-order chi connectivity index (χ1) is 22.0. The number of aliphatic hydroxyl groups is 3. The maximum atomic E-state index is 10.4. The molecule has 2 aliphatic rings. The summed E-state index contributed by atoms with van der Waals surface area (Å²) >= 11 is 0. The predicted octanol–water partition coefficient (Wildman–Crippen LogP) is 8.01. The number of benzene rings is 2. The van der Waals surface area contributed by atoms with Crippen molar-refractivity contribution in [3.8, 4) is 0 Å². The van der Waals surface area contributed by atoms with E-state index in [-0.39, 0.29) is 0 Å². The van der Waals surface area contributed by atoms with E-state index in [2.05, 4.69) is 6.92 Å². The Labute approximate surface area is 272 Å². The first-order valence-corrected chi connectivity index (χ1v) is 17.6. The highest BCUT2D eigenvalue weighted by Crippen LogP contribution is 2.39. The van der Waals surface area contributed by atoms with Crippen molar-refractivity contribution in [2.45, 2.75) is 148 Å². The molecule has 254 valence electrons. The van der Waals surface area contributed by atoms with Gasteiger partial charge in [0.1, 0.15) is 24.4 Å². The predicted molar refractivity (Wildman–Crippen MR) is 179 cm³/mol. The van der Waals surface area contributed by atoms with E-state index in [9.17, 15) is 10.2 Å². The van der Waals surface area contributed by atoms with Crippen LogP contribution in [0.2, 0.25) is 0 Å². The van der Waals surface area contributed by atoms with Gasteiger partial charge in [0.05, 0.1) is 13.2 Å². The molecule has 0 bridgehead atoms. The Hall–Kier alpha value is -1.84.